The van der Waals surface area contributed by atoms with Crippen LogP contribution in [0.4, 0.5) is 5.13 Å². The molecule has 25 heavy (non-hydrogen) atoms. The molecular formula is C18H18N2O4S. The minimum atomic E-state index is -0.266. The number of aromatic nitrogens is 1. The fraction of sp³-hybridized carbons (Fsp3) is 0.222. The van der Waals surface area contributed by atoms with Gasteiger partial charge in [0.15, 0.2) is 16.6 Å². The Hall–Kier alpha value is -2.80. The minimum absolute atomic E-state index is 0.266. The molecule has 0 saturated heterocycles. The molecule has 3 rings (SSSR count). The van der Waals surface area contributed by atoms with E-state index in [1.54, 1.807) is 25.3 Å². The molecule has 0 aliphatic rings. The summed E-state index contributed by atoms with van der Waals surface area (Å²) in [6.45, 7) is 2.48. The Labute approximate surface area is 149 Å². The quantitative estimate of drug-likeness (QED) is 0.722. The van der Waals surface area contributed by atoms with Gasteiger partial charge in [0.25, 0.3) is 5.91 Å². The number of hydrogen-bond acceptors (Lipinski definition) is 6. The van der Waals surface area contributed by atoms with E-state index in [0.29, 0.717) is 34.6 Å². The lowest BCUT2D eigenvalue weighted by molar-refractivity contribution is 0.102. The Balaban J connectivity index is 1.86. The molecule has 0 radical (unpaired) electrons. The number of nitrogens with zero attached hydrogens (tertiary/aromatic N) is 1. The second kappa shape index (κ2) is 7.40. The molecule has 1 heterocycles. The van der Waals surface area contributed by atoms with Crippen LogP contribution >= 0.6 is 11.3 Å². The monoisotopic (exact) mass is 358 g/mol. The fourth-order valence-electron chi connectivity index (χ4n) is 2.40. The fourth-order valence-corrected chi connectivity index (χ4v) is 3.27. The minimum Gasteiger partial charge on any atom is -0.493 e. The molecule has 1 N–H and O–H groups in total. The topological polar surface area (TPSA) is 69.7 Å². The largest absolute Gasteiger partial charge is 0.493 e. The second-order valence-corrected chi connectivity index (χ2v) is 6.11. The van der Waals surface area contributed by atoms with E-state index in [1.165, 1.54) is 18.4 Å². The maximum Gasteiger partial charge on any atom is 0.257 e. The molecule has 3 aromatic rings. The summed E-state index contributed by atoms with van der Waals surface area (Å²) in [5.41, 5.74) is 1.21. The lowest BCUT2D eigenvalue weighted by Gasteiger charge is -2.09. The maximum atomic E-state index is 12.5. The van der Waals surface area contributed by atoms with E-state index in [2.05, 4.69) is 10.3 Å². The van der Waals surface area contributed by atoms with Crippen LogP contribution in [0.25, 0.3) is 10.2 Å². The Morgan fingerprint density at radius 3 is 2.64 bits per heavy atom. The Morgan fingerprint density at radius 2 is 1.92 bits per heavy atom. The van der Waals surface area contributed by atoms with Crippen molar-refractivity contribution >= 4 is 32.6 Å². The first kappa shape index (κ1) is 17.0. The van der Waals surface area contributed by atoms with Gasteiger partial charge in [0.1, 0.15) is 11.3 Å². The van der Waals surface area contributed by atoms with E-state index in [1.807, 2.05) is 25.1 Å². The van der Waals surface area contributed by atoms with E-state index in [4.69, 9.17) is 14.2 Å². The standard InChI is InChI=1S/C18H18N2O4S/c1-4-24-13-6-5-7-15-16(13)19-18(25-15)20-17(21)11-8-9-12(22-2)14(10-11)23-3/h5-10H,4H2,1-3H3,(H,19,20,21). The van der Waals surface area contributed by atoms with Crippen molar-refractivity contribution in [1.82, 2.24) is 4.98 Å². The molecule has 0 aliphatic carbocycles. The maximum absolute atomic E-state index is 12.5. The summed E-state index contributed by atoms with van der Waals surface area (Å²) < 4.78 is 16.9. The van der Waals surface area contributed by atoms with Gasteiger partial charge in [0.2, 0.25) is 0 Å². The molecule has 0 aliphatic heterocycles. The summed E-state index contributed by atoms with van der Waals surface area (Å²) in [6.07, 6.45) is 0. The summed E-state index contributed by atoms with van der Waals surface area (Å²) >= 11 is 1.40. The van der Waals surface area contributed by atoms with Gasteiger partial charge in [0.05, 0.1) is 25.5 Å². The lowest BCUT2D eigenvalue weighted by Crippen LogP contribution is -2.11. The number of methoxy groups -OCH3 is 2. The molecule has 0 bridgehead atoms. The number of anilines is 1. The zero-order chi connectivity index (χ0) is 17.8. The van der Waals surface area contributed by atoms with Gasteiger partial charge in [-0.05, 0) is 37.3 Å². The van der Waals surface area contributed by atoms with Crippen LogP contribution in [0, 0.1) is 0 Å². The summed E-state index contributed by atoms with van der Waals surface area (Å²) in [5.74, 6) is 1.51. The molecule has 0 spiro atoms. The van der Waals surface area contributed by atoms with E-state index in [-0.39, 0.29) is 5.91 Å². The molecule has 0 fully saturated rings. The van der Waals surface area contributed by atoms with Crippen LogP contribution in [0.2, 0.25) is 0 Å². The Bertz CT molecular complexity index is 907. The number of nitrogens with one attached hydrogen (secondary N) is 1. The lowest BCUT2D eigenvalue weighted by atomic mass is 10.2. The average Bonchev–Trinajstić information content (AvgIpc) is 3.04. The first-order valence-corrected chi connectivity index (χ1v) is 8.53. The van der Waals surface area contributed by atoms with Crippen molar-refractivity contribution in [2.75, 3.05) is 26.1 Å². The molecule has 2 aromatic carbocycles. The molecule has 7 heteroatoms. The number of hydrogen-bond donors (Lipinski definition) is 1. The molecule has 0 saturated carbocycles. The van der Waals surface area contributed by atoms with Gasteiger partial charge in [-0.2, -0.15) is 0 Å². The first-order chi connectivity index (χ1) is 12.2. The number of amides is 1. The molecule has 0 unspecified atom stereocenters. The number of para-hydroxylation sites is 1. The van der Waals surface area contributed by atoms with E-state index in [9.17, 15) is 4.79 Å². The van der Waals surface area contributed by atoms with Gasteiger partial charge in [-0.15, -0.1) is 0 Å². The number of carbonyl (C=O) groups is 1. The third kappa shape index (κ3) is 3.51. The third-order valence-corrected chi connectivity index (χ3v) is 4.48. The van der Waals surface area contributed by atoms with Crippen molar-refractivity contribution in [3.8, 4) is 17.2 Å². The predicted octanol–water partition coefficient (Wildman–Crippen LogP) is 3.96. The van der Waals surface area contributed by atoms with Crippen LogP contribution in [0.5, 0.6) is 17.2 Å². The Kier molecular flexibility index (Phi) is 5.04. The van der Waals surface area contributed by atoms with Gasteiger partial charge < -0.3 is 14.2 Å². The number of thiazole rings is 1. The second-order valence-electron chi connectivity index (χ2n) is 5.08. The van der Waals surface area contributed by atoms with Crippen LogP contribution in [0.3, 0.4) is 0 Å². The Morgan fingerprint density at radius 1 is 1.12 bits per heavy atom. The normalized spacial score (nSPS) is 10.5. The van der Waals surface area contributed by atoms with Crippen LogP contribution < -0.4 is 19.5 Å². The summed E-state index contributed by atoms with van der Waals surface area (Å²) in [6, 6.07) is 10.7. The SMILES string of the molecule is CCOc1cccc2sc(NC(=O)c3ccc(OC)c(OC)c3)nc12. The summed E-state index contributed by atoms with van der Waals surface area (Å²) in [4.78, 5) is 17.0. The highest BCUT2D eigenvalue weighted by molar-refractivity contribution is 7.22. The number of benzene rings is 2. The van der Waals surface area contributed by atoms with Crippen molar-refractivity contribution in [3.05, 3.63) is 42.0 Å². The van der Waals surface area contributed by atoms with Gasteiger partial charge >= 0.3 is 0 Å². The smallest absolute Gasteiger partial charge is 0.257 e. The van der Waals surface area contributed by atoms with Gasteiger partial charge in [-0.25, -0.2) is 4.98 Å². The van der Waals surface area contributed by atoms with Crippen molar-refractivity contribution in [3.63, 3.8) is 0 Å². The van der Waals surface area contributed by atoms with Crippen molar-refractivity contribution in [1.29, 1.82) is 0 Å². The predicted molar refractivity (Wildman–Crippen MR) is 98.3 cm³/mol. The number of ether oxygens (including phenoxy) is 3. The van der Waals surface area contributed by atoms with Gasteiger partial charge in [0, 0.05) is 5.56 Å². The highest BCUT2D eigenvalue weighted by Gasteiger charge is 2.14. The van der Waals surface area contributed by atoms with Crippen molar-refractivity contribution in [2.45, 2.75) is 6.92 Å². The molecule has 0 atom stereocenters. The highest BCUT2D eigenvalue weighted by atomic mass is 32.1. The molecular weight excluding hydrogens is 340 g/mol. The van der Waals surface area contributed by atoms with Crippen LogP contribution in [0.15, 0.2) is 36.4 Å². The molecule has 1 aromatic heterocycles. The molecule has 6 nitrogen and oxygen atoms in total. The van der Waals surface area contributed by atoms with Gasteiger partial charge in [-0.3, -0.25) is 10.1 Å². The van der Waals surface area contributed by atoms with Crippen molar-refractivity contribution in [2.24, 2.45) is 0 Å². The van der Waals surface area contributed by atoms with E-state index < -0.39 is 0 Å². The number of fused-ring (bicyclic) bond motifs is 1. The van der Waals surface area contributed by atoms with E-state index >= 15 is 0 Å². The zero-order valence-electron chi connectivity index (χ0n) is 14.2. The summed E-state index contributed by atoms with van der Waals surface area (Å²) in [5, 5.41) is 3.34. The van der Waals surface area contributed by atoms with Crippen LogP contribution in [-0.2, 0) is 0 Å². The number of rotatable bonds is 6. The number of carbonyl (C=O) groups excluding carboxylic acids is 1. The molecule has 1 amide bonds. The van der Waals surface area contributed by atoms with Crippen molar-refractivity contribution < 1.29 is 19.0 Å². The first-order valence-electron chi connectivity index (χ1n) is 7.72. The van der Waals surface area contributed by atoms with Crippen LogP contribution in [-0.4, -0.2) is 31.7 Å². The van der Waals surface area contributed by atoms with E-state index in [0.717, 1.165) is 10.2 Å². The van der Waals surface area contributed by atoms with Gasteiger partial charge in [-0.1, -0.05) is 17.4 Å². The average molecular weight is 358 g/mol. The highest BCUT2D eigenvalue weighted by Crippen LogP contribution is 2.33. The molecule has 130 valence electrons. The van der Waals surface area contributed by atoms with Crippen LogP contribution in [0.1, 0.15) is 17.3 Å². The third-order valence-electron chi connectivity index (χ3n) is 3.55. The summed E-state index contributed by atoms with van der Waals surface area (Å²) in [7, 11) is 3.08. The zero-order valence-corrected chi connectivity index (χ0v) is 15.0.